The average Bonchev–Trinajstić information content (AvgIpc) is 2.99. The lowest BCUT2D eigenvalue weighted by Crippen LogP contribution is -2.43. The lowest BCUT2D eigenvalue weighted by Gasteiger charge is -2.27. The van der Waals surface area contributed by atoms with Gasteiger partial charge in [-0.15, -0.1) is 0 Å². The number of hydrogen-bond donors (Lipinski definition) is 2. The van der Waals surface area contributed by atoms with Crippen LogP contribution in [-0.4, -0.2) is 60.9 Å². The van der Waals surface area contributed by atoms with Gasteiger partial charge in [-0.2, -0.15) is 0 Å². The molecule has 1 saturated heterocycles. The number of nitrogens with zero attached hydrogens (tertiary/aromatic N) is 1. The number of carbonyl (C=O) groups excluding carboxylic acids is 1. The third-order valence-corrected chi connectivity index (χ3v) is 4.19. The summed E-state index contributed by atoms with van der Waals surface area (Å²) >= 11 is 0. The lowest BCUT2D eigenvalue weighted by molar-refractivity contribution is -0.131. The van der Waals surface area contributed by atoms with Gasteiger partial charge in [0.25, 0.3) is 0 Å². The first-order valence-corrected chi connectivity index (χ1v) is 8.04. The Morgan fingerprint density at radius 3 is 2.60 bits per heavy atom. The molecule has 1 amide bonds. The highest BCUT2D eigenvalue weighted by molar-refractivity contribution is 5.78. The van der Waals surface area contributed by atoms with Gasteiger partial charge in [-0.25, -0.2) is 0 Å². The number of likely N-dealkylation sites (tertiary alicyclic amines) is 1. The molecule has 2 aliphatic rings. The first-order valence-electron chi connectivity index (χ1n) is 8.04. The van der Waals surface area contributed by atoms with E-state index in [2.05, 4.69) is 5.32 Å². The third-order valence-electron chi connectivity index (χ3n) is 4.19. The van der Waals surface area contributed by atoms with E-state index in [9.17, 15) is 9.90 Å². The van der Waals surface area contributed by atoms with Crippen molar-refractivity contribution in [1.82, 2.24) is 10.2 Å². The minimum absolute atomic E-state index is 0.147. The van der Waals surface area contributed by atoms with E-state index in [1.54, 1.807) is 0 Å². The van der Waals surface area contributed by atoms with Gasteiger partial charge in [-0.3, -0.25) is 4.79 Å². The Hall–Kier alpha value is -0.650. The summed E-state index contributed by atoms with van der Waals surface area (Å²) in [5, 5.41) is 12.9. The minimum atomic E-state index is -0.523. The lowest BCUT2D eigenvalue weighted by atomic mass is 10.1. The normalized spacial score (nSPS) is 22.1. The smallest absolute Gasteiger partial charge is 0.236 e. The molecule has 1 aliphatic carbocycles. The fourth-order valence-corrected chi connectivity index (χ4v) is 2.96. The molecule has 5 nitrogen and oxygen atoms in total. The molecular formula is C15H28N2O3. The fourth-order valence-electron chi connectivity index (χ4n) is 2.96. The maximum atomic E-state index is 11.9. The van der Waals surface area contributed by atoms with E-state index in [0.717, 1.165) is 38.8 Å². The van der Waals surface area contributed by atoms with Crippen LogP contribution in [0.25, 0.3) is 0 Å². The molecule has 1 unspecified atom stereocenters. The Balaban J connectivity index is 1.51. The molecule has 1 heterocycles. The van der Waals surface area contributed by atoms with Crippen LogP contribution in [0.2, 0.25) is 0 Å². The van der Waals surface area contributed by atoms with E-state index >= 15 is 0 Å². The highest BCUT2D eigenvalue weighted by Crippen LogP contribution is 2.20. The maximum absolute atomic E-state index is 11.9. The summed E-state index contributed by atoms with van der Waals surface area (Å²) in [6, 6.07) is 0. The SMILES string of the molecule is O=C(CNCC(O)COC1CCCC1)N1CCCCC1. The maximum Gasteiger partial charge on any atom is 0.236 e. The van der Waals surface area contributed by atoms with Crippen LogP contribution in [0.15, 0.2) is 0 Å². The number of piperidine rings is 1. The Kier molecular flexibility index (Phi) is 6.76. The van der Waals surface area contributed by atoms with Crippen LogP contribution >= 0.6 is 0 Å². The molecule has 0 aromatic carbocycles. The van der Waals surface area contributed by atoms with Gasteiger partial charge in [0.1, 0.15) is 0 Å². The van der Waals surface area contributed by atoms with E-state index in [4.69, 9.17) is 4.74 Å². The molecular weight excluding hydrogens is 256 g/mol. The van der Waals surface area contributed by atoms with E-state index in [1.807, 2.05) is 4.90 Å². The summed E-state index contributed by atoms with van der Waals surface area (Å²) in [5.41, 5.74) is 0. The van der Waals surface area contributed by atoms with Gasteiger partial charge in [0, 0.05) is 19.6 Å². The molecule has 0 aromatic heterocycles. The summed E-state index contributed by atoms with van der Waals surface area (Å²) in [6.45, 7) is 2.88. The number of carbonyl (C=O) groups is 1. The van der Waals surface area contributed by atoms with Crippen LogP contribution in [0.3, 0.4) is 0 Å². The summed E-state index contributed by atoms with van der Waals surface area (Å²) in [7, 11) is 0. The van der Waals surface area contributed by atoms with Crippen molar-refractivity contribution in [2.45, 2.75) is 57.2 Å². The molecule has 20 heavy (non-hydrogen) atoms. The van der Waals surface area contributed by atoms with Crippen molar-refractivity contribution in [2.24, 2.45) is 0 Å². The van der Waals surface area contributed by atoms with Crippen molar-refractivity contribution in [3.63, 3.8) is 0 Å². The van der Waals surface area contributed by atoms with Gasteiger partial charge in [-0.05, 0) is 32.1 Å². The molecule has 1 saturated carbocycles. The van der Waals surface area contributed by atoms with Gasteiger partial charge in [0.2, 0.25) is 5.91 Å². The number of aliphatic hydroxyl groups is 1. The Morgan fingerprint density at radius 1 is 1.20 bits per heavy atom. The zero-order valence-corrected chi connectivity index (χ0v) is 12.4. The van der Waals surface area contributed by atoms with Crippen LogP contribution in [0.4, 0.5) is 0 Å². The molecule has 1 aliphatic heterocycles. The van der Waals surface area contributed by atoms with Gasteiger partial charge >= 0.3 is 0 Å². The van der Waals surface area contributed by atoms with Crippen LogP contribution in [0.1, 0.15) is 44.9 Å². The summed E-state index contributed by atoms with van der Waals surface area (Å²) < 4.78 is 5.65. The Morgan fingerprint density at radius 2 is 1.90 bits per heavy atom. The predicted molar refractivity (Wildman–Crippen MR) is 77.5 cm³/mol. The van der Waals surface area contributed by atoms with Crippen LogP contribution < -0.4 is 5.32 Å². The van der Waals surface area contributed by atoms with E-state index in [0.29, 0.717) is 25.8 Å². The number of nitrogens with one attached hydrogen (secondary N) is 1. The average molecular weight is 284 g/mol. The number of hydrogen-bond acceptors (Lipinski definition) is 4. The van der Waals surface area contributed by atoms with Crippen LogP contribution in [0.5, 0.6) is 0 Å². The minimum Gasteiger partial charge on any atom is -0.389 e. The number of aliphatic hydroxyl groups excluding tert-OH is 1. The monoisotopic (exact) mass is 284 g/mol. The van der Waals surface area contributed by atoms with Crippen molar-refractivity contribution < 1.29 is 14.6 Å². The van der Waals surface area contributed by atoms with Gasteiger partial charge < -0.3 is 20.1 Å². The molecule has 2 fully saturated rings. The summed E-state index contributed by atoms with van der Waals surface area (Å²) in [6.07, 6.45) is 7.99. The molecule has 5 heteroatoms. The van der Waals surface area contributed by atoms with Crippen molar-refractivity contribution in [3.8, 4) is 0 Å². The van der Waals surface area contributed by atoms with Crippen molar-refractivity contribution in [2.75, 3.05) is 32.8 Å². The van der Waals surface area contributed by atoms with Crippen molar-refractivity contribution >= 4 is 5.91 Å². The highest BCUT2D eigenvalue weighted by Gasteiger charge is 2.18. The molecule has 1 atom stereocenters. The zero-order valence-electron chi connectivity index (χ0n) is 12.4. The molecule has 2 rings (SSSR count). The quantitative estimate of drug-likeness (QED) is 0.729. The molecule has 116 valence electrons. The second-order valence-electron chi connectivity index (χ2n) is 5.97. The first-order chi connectivity index (χ1) is 9.75. The zero-order chi connectivity index (χ0) is 14.2. The van der Waals surface area contributed by atoms with E-state index < -0.39 is 6.10 Å². The first kappa shape index (κ1) is 15.7. The number of rotatable bonds is 7. The third kappa shape index (κ3) is 5.38. The highest BCUT2D eigenvalue weighted by atomic mass is 16.5. The van der Waals surface area contributed by atoms with Gasteiger partial charge in [0.05, 0.1) is 25.4 Å². The topological polar surface area (TPSA) is 61.8 Å². The molecule has 0 radical (unpaired) electrons. The second kappa shape index (κ2) is 8.60. The standard InChI is InChI=1S/C15H28N2O3/c18-13(12-20-14-6-2-3-7-14)10-16-11-15(19)17-8-4-1-5-9-17/h13-14,16,18H,1-12H2. The predicted octanol–water partition coefficient (Wildman–Crippen LogP) is 0.909. The Labute approximate surface area is 121 Å². The molecule has 0 spiro atoms. The van der Waals surface area contributed by atoms with E-state index in [1.165, 1.54) is 19.3 Å². The van der Waals surface area contributed by atoms with Crippen molar-refractivity contribution in [1.29, 1.82) is 0 Å². The fraction of sp³-hybridized carbons (Fsp3) is 0.933. The second-order valence-corrected chi connectivity index (χ2v) is 5.97. The largest absolute Gasteiger partial charge is 0.389 e. The molecule has 0 aromatic rings. The van der Waals surface area contributed by atoms with Crippen LogP contribution in [0, 0.1) is 0 Å². The number of amides is 1. The summed E-state index contributed by atoms with van der Waals surface area (Å²) in [5.74, 6) is 0.147. The summed E-state index contributed by atoms with van der Waals surface area (Å²) in [4.78, 5) is 13.8. The van der Waals surface area contributed by atoms with E-state index in [-0.39, 0.29) is 5.91 Å². The van der Waals surface area contributed by atoms with Gasteiger partial charge in [0.15, 0.2) is 0 Å². The molecule has 2 N–H and O–H groups in total. The molecule has 0 bridgehead atoms. The van der Waals surface area contributed by atoms with Crippen molar-refractivity contribution in [3.05, 3.63) is 0 Å². The Bertz CT molecular complexity index is 287. The van der Waals surface area contributed by atoms with Gasteiger partial charge in [-0.1, -0.05) is 12.8 Å². The van der Waals surface area contributed by atoms with Crippen LogP contribution in [-0.2, 0) is 9.53 Å². The number of ether oxygens (including phenoxy) is 1.